The number of aliphatic imine (C=N–C) groups is 1. The van der Waals surface area contributed by atoms with Crippen molar-refractivity contribution in [3.05, 3.63) is 118 Å². The average Bonchev–Trinajstić information content (AvgIpc) is 3.93. The van der Waals surface area contributed by atoms with E-state index in [4.69, 9.17) is 28.7 Å². The van der Waals surface area contributed by atoms with Crippen LogP contribution in [0.25, 0.3) is 0 Å². The number of hydrogen-bond donors (Lipinski definition) is 0. The largest absolute Gasteiger partial charge is 0.493 e. The standard InChI is InChI=1S/C51H59N5O8S2/c1-8-9-23-65-66-51(3,4)32-64-50(59)55(29-39-25-36-16-11-13-20-43(36)56(39)33-57)44-28-48(45(60-6)24-34(44)2)63-31-38-18-14-17-37(53-38)30-62-47-27-41(52-5)40(26-46(47)61-7)49(58)54-22-21-35-15-10-12-19-42(35)54/h11-14,16-20,24,26-28,33,39H,5,8-10,15,21-23,25,29-32H2,1-4,6-7H3. The summed E-state index contributed by atoms with van der Waals surface area (Å²) in [6.45, 7) is 13.1. The average molecular weight is 934 g/mol. The molecule has 1 unspecified atom stereocenters. The van der Waals surface area contributed by atoms with Gasteiger partial charge in [-0.3, -0.25) is 24.5 Å². The number of allylic oxidation sites excluding steroid dienone is 2. The summed E-state index contributed by atoms with van der Waals surface area (Å²) in [5.41, 5.74) is 7.49. The summed E-state index contributed by atoms with van der Waals surface area (Å²) in [6.07, 6.45) is 10.1. The van der Waals surface area contributed by atoms with E-state index < -0.39 is 6.09 Å². The number of carbonyl (C=O) groups is 3. The van der Waals surface area contributed by atoms with E-state index in [0.29, 0.717) is 64.3 Å². The first-order chi connectivity index (χ1) is 32.0. The fraction of sp³-hybridized carbons (Fsp3) is 0.392. The molecular formula is C51H59N5O8S2. The maximum Gasteiger partial charge on any atom is 0.414 e. The van der Waals surface area contributed by atoms with Gasteiger partial charge in [-0.25, -0.2) is 4.79 Å². The number of nitrogens with zero attached hydrogens (tertiary/aromatic N) is 5. The number of unbranched alkanes of at least 4 members (excludes halogenated alkanes) is 1. The summed E-state index contributed by atoms with van der Waals surface area (Å²) >= 11 is 0. The summed E-state index contributed by atoms with van der Waals surface area (Å²) in [7, 11) is 6.60. The molecule has 0 saturated carbocycles. The number of ether oxygens (including phenoxy) is 5. The van der Waals surface area contributed by atoms with Crippen molar-refractivity contribution < 1.29 is 38.1 Å². The zero-order chi connectivity index (χ0) is 46.8. The van der Waals surface area contributed by atoms with E-state index in [-0.39, 0.29) is 43.1 Å². The van der Waals surface area contributed by atoms with Gasteiger partial charge >= 0.3 is 6.09 Å². The number of aromatic nitrogens is 1. The molecule has 3 aliphatic rings. The highest BCUT2D eigenvalue weighted by molar-refractivity contribution is 8.77. The van der Waals surface area contributed by atoms with Crippen molar-refractivity contribution in [2.24, 2.45) is 4.99 Å². The Kier molecular flexibility index (Phi) is 16.0. The van der Waals surface area contributed by atoms with Crippen molar-refractivity contribution in [1.82, 2.24) is 9.88 Å². The van der Waals surface area contributed by atoms with E-state index >= 15 is 0 Å². The van der Waals surface area contributed by atoms with Crippen LogP contribution < -0.4 is 28.7 Å². The molecule has 0 bridgehead atoms. The first kappa shape index (κ1) is 48.0. The van der Waals surface area contributed by atoms with Gasteiger partial charge in [0.2, 0.25) is 6.41 Å². The monoisotopic (exact) mass is 933 g/mol. The van der Waals surface area contributed by atoms with Crippen molar-refractivity contribution >= 4 is 63.8 Å². The summed E-state index contributed by atoms with van der Waals surface area (Å²) in [4.78, 5) is 54.7. The number of aryl methyl sites for hydroxylation is 1. The fourth-order valence-electron chi connectivity index (χ4n) is 8.29. The maximum atomic E-state index is 14.3. The van der Waals surface area contributed by atoms with E-state index in [2.05, 4.69) is 38.6 Å². The van der Waals surface area contributed by atoms with Gasteiger partial charge in [0.15, 0.2) is 23.0 Å². The minimum atomic E-state index is -0.522. The molecule has 0 N–H and O–H groups in total. The summed E-state index contributed by atoms with van der Waals surface area (Å²) < 4.78 is 29.9. The summed E-state index contributed by atoms with van der Waals surface area (Å²) in [5.74, 6) is 2.52. The van der Waals surface area contributed by atoms with Crippen LogP contribution in [0.4, 0.5) is 21.9 Å². The smallest absolute Gasteiger partial charge is 0.414 e. The molecule has 3 amide bonds. The van der Waals surface area contributed by atoms with Gasteiger partial charge in [0.25, 0.3) is 5.91 Å². The van der Waals surface area contributed by atoms with Gasteiger partial charge in [-0.05, 0) is 113 Å². The number of hydrogen-bond acceptors (Lipinski definition) is 12. The molecule has 66 heavy (non-hydrogen) atoms. The van der Waals surface area contributed by atoms with E-state index in [1.807, 2.05) is 61.5 Å². The molecule has 0 spiro atoms. The fourth-order valence-corrected chi connectivity index (χ4v) is 10.9. The molecule has 2 aliphatic heterocycles. The van der Waals surface area contributed by atoms with Gasteiger partial charge in [-0.15, -0.1) is 0 Å². The van der Waals surface area contributed by atoms with Gasteiger partial charge in [0, 0.05) is 35.8 Å². The minimum absolute atomic E-state index is 0.0730. The van der Waals surface area contributed by atoms with Gasteiger partial charge in [-0.1, -0.05) is 65.3 Å². The van der Waals surface area contributed by atoms with Crippen LogP contribution >= 0.6 is 21.6 Å². The zero-order valence-electron chi connectivity index (χ0n) is 38.7. The van der Waals surface area contributed by atoms with Crippen molar-refractivity contribution in [2.45, 2.75) is 90.2 Å². The third-order valence-corrected chi connectivity index (χ3v) is 15.1. The number of carbonyl (C=O) groups excluding carboxylic acids is 3. The first-order valence-electron chi connectivity index (χ1n) is 22.3. The van der Waals surface area contributed by atoms with E-state index in [1.54, 1.807) is 61.6 Å². The quantitative estimate of drug-likeness (QED) is 0.0342. The zero-order valence-corrected chi connectivity index (χ0v) is 40.3. The highest BCUT2D eigenvalue weighted by atomic mass is 33.1. The third-order valence-electron chi connectivity index (χ3n) is 11.8. The molecule has 0 saturated heterocycles. The second-order valence-electron chi connectivity index (χ2n) is 17.0. The molecule has 0 radical (unpaired) electrons. The van der Waals surface area contributed by atoms with Crippen molar-refractivity contribution in [3.8, 4) is 23.0 Å². The van der Waals surface area contributed by atoms with Crippen LogP contribution in [0.1, 0.15) is 85.7 Å². The summed E-state index contributed by atoms with van der Waals surface area (Å²) in [5, 5.41) is 0. The van der Waals surface area contributed by atoms with E-state index in [0.717, 1.165) is 66.8 Å². The number of benzene rings is 3. The van der Waals surface area contributed by atoms with Crippen LogP contribution in [-0.2, 0) is 29.2 Å². The van der Waals surface area contributed by atoms with Crippen molar-refractivity contribution in [1.29, 1.82) is 0 Å². The molecule has 13 nitrogen and oxygen atoms in total. The van der Waals surface area contributed by atoms with Crippen molar-refractivity contribution in [2.75, 3.05) is 49.5 Å². The number of pyridine rings is 1. The molecule has 0 fully saturated rings. The Morgan fingerprint density at radius 2 is 1.70 bits per heavy atom. The van der Waals surface area contributed by atoms with Crippen LogP contribution in [-0.4, -0.2) is 85.5 Å². The van der Waals surface area contributed by atoms with Gasteiger partial charge < -0.3 is 33.5 Å². The number of para-hydroxylation sites is 1. The van der Waals surface area contributed by atoms with Crippen LogP contribution in [0, 0.1) is 6.92 Å². The lowest BCUT2D eigenvalue weighted by Gasteiger charge is -2.31. The Hall–Kier alpha value is -5.93. The van der Waals surface area contributed by atoms with E-state index in [1.165, 1.54) is 12.7 Å². The van der Waals surface area contributed by atoms with Crippen LogP contribution in [0.2, 0.25) is 0 Å². The molecule has 15 heteroatoms. The molecular weight excluding hydrogens is 875 g/mol. The molecule has 3 heterocycles. The Bertz CT molecular complexity index is 2490. The van der Waals surface area contributed by atoms with Gasteiger partial charge in [0.1, 0.15) is 19.8 Å². The molecule has 7 rings (SSSR count). The second-order valence-corrected chi connectivity index (χ2v) is 20.1. The highest BCUT2D eigenvalue weighted by Crippen LogP contribution is 2.41. The van der Waals surface area contributed by atoms with Gasteiger partial charge in [-0.2, -0.15) is 0 Å². The lowest BCUT2D eigenvalue weighted by molar-refractivity contribution is -0.107. The van der Waals surface area contributed by atoms with E-state index in [9.17, 15) is 14.4 Å². The number of methoxy groups -OCH3 is 2. The lowest BCUT2D eigenvalue weighted by atomic mass is 10.0. The predicted octanol–water partition coefficient (Wildman–Crippen LogP) is 10.8. The Morgan fingerprint density at radius 3 is 2.41 bits per heavy atom. The SMILES string of the molecule is C=Nc1cc(OCc2cccc(COc3cc(N(CC4Cc5ccccc5N4C=O)C(=O)OCC(C)(C)SSCCCC)c(C)cc3OC)n2)c(OC)cc1C(=O)N1CCC2=C1C=CCC2. The number of anilines is 2. The third kappa shape index (κ3) is 11.2. The maximum absolute atomic E-state index is 14.3. The Balaban J connectivity index is 1.07. The minimum Gasteiger partial charge on any atom is -0.493 e. The number of amides is 3. The Morgan fingerprint density at radius 1 is 0.970 bits per heavy atom. The molecule has 3 aromatic carbocycles. The normalized spacial score (nSPS) is 15.3. The molecule has 348 valence electrons. The topological polar surface area (TPSA) is 132 Å². The highest BCUT2D eigenvalue weighted by Gasteiger charge is 2.35. The number of rotatable bonds is 21. The second kappa shape index (κ2) is 22.0. The molecule has 1 aliphatic carbocycles. The molecule has 1 atom stereocenters. The van der Waals surface area contributed by atoms with Gasteiger partial charge in [0.05, 0.1) is 59.9 Å². The van der Waals surface area contributed by atoms with Crippen LogP contribution in [0.15, 0.2) is 95.1 Å². The van der Waals surface area contributed by atoms with Crippen molar-refractivity contribution in [3.63, 3.8) is 0 Å². The lowest BCUT2D eigenvalue weighted by Crippen LogP contribution is -2.45. The summed E-state index contributed by atoms with van der Waals surface area (Å²) in [6, 6.07) is 20.0. The first-order valence-corrected chi connectivity index (χ1v) is 24.6. The molecule has 1 aromatic heterocycles. The molecule has 4 aromatic rings. The Labute approximate surface area is 396 Å². The number of fused-ring (bicyclic) bond motifs is 1. The predicted molar refractivity (Wildman–Crippen MR) is 264 cm³/mol. The van der Waals surface area contributed by atoms with Crippen LogP contribution in [0.5, 0.6) is 23.0 Å². The van der Waals surface area contributed by atoms with Crippen LogP contribution in [0.3, 0.4) is 0 Å².